The molecule has 0 atom stereocenters. The minimum absolute atomic E-state index is 0. The Labute approximate surface area is 82.9 Å². The predicted octanol–water partition coefficient (Wildman–Crippen LogP) is 2.83. The van der Waals surface area contributed by atoms with E-state index >= 15 is 0 Å². The van der Waals surface area contributed by atoms with Crippen LogP contribution in [0.25, 0.3) is 0 Å². The van der Waals surface area contributed by atoms with Gasteiger partial charge in [0.15, 0.2) is 0 Å². The van der Waals surface area contributed by atoms with E-state index < -0.39 is 0 Å². The van der Waals surface area contributed by atoms with Crippen molar-refractivity contribution >= 4 is 0 Å². The van der Waals surface area contributed by atoms with E-state index in [1.807, 2.05) is 0 Å². The van der Waals surface area contributed by atoms with E-state index in [4.69, 9.17) is 0 Å². The third kappa shape index (κ3) is 17.6. The average molecular weight is 202 g/mol. The Hall–Kier alpha value is 1.17. The molecule has 0 spiro atoms. The first-order valence-corrected chi connectivity index (χ1v) is 3.27. The molecule has 9 heavy (non-hydrogen) atoms. The van der Waals surface area contributed by atoms with Crippen LogP contribution in [0.4, 0.5) is 0 Å². The van der Waals surface area contributed by atoms with Crippen molar-refractivity contribution in [1.82, 2.24) is 0 Å². The molecule has 0 bridgehead atoms. The molecule has 0 amide bonds. The van der Waals surface area contributed by atoms with Crippen LogP contribution in [0.2, 0.25) is 0 Å². The molecule has 0 fully saturated rings. The van der Waals surface area contributed by atoms with E-state index in [0.29, 0.717) is 0 Å². The molecular weight excluding hydrogens is 186 g/mol. The summed E-state index contributed by atoms with van der Waals surface area (Å²) < 4.78 is 0. The first-order chi connectivity index (χ1) is 3.27. The monoisotopic (exact) mass is 202 g/mol. The first-order valence-electron chi connectivity index (χ1n) is 3.27. The summed E-state index contributed by atoms with van der Waals surface area (Å²) in [7, 11) is 0. The molecule has 54 valence electrons. The molecular formula is C7H16V2. The number of hydrogen-bond donors (Lipinski definition) is 0. The van der Waals surface area contributed by atoms with Crippen LogP contribution in [0.3, 0.4) is 0 Å². The van der Waals surface area contributed by atoms with Crippen molar-refractivity contribution < 1.29 is 37.1 Å². The van der Waals surface area contributed by atoms with E-state index in [0.717, 1.165) is 5.92 Å². The SMILES string of the molecule is CCCCC(C)C.[V].[V]. The second-order valence-corrected chi connectivity index (χ2v) is 2.54. The maximum absolute atomic E-state index is 2.27. The zero-order valence-corrected chi connectivity index (χ0v) is 9.39. The molecule has 0 rings (SSSR count). The molecule has 0 heterocycles. The number of hydrogen-bond acceptors (Lipinski definition) is 0. The topological polar surface area (TPSA) is 0 Å². The fourth-order valence-corrected chi connectivity index (χ4v) is 0.612. The Morgan fingerprint density at radius 1 is 1.11 bits per heavy atom. The fraction of sp³-hybridized carbons (Fsp3) is 1.00. The Morgan fingerprint density at radius 3 is 1.67 bits per heavy atom. The first kappa shape index (κ1) is 16.6. The minimum Gasteiger partial charge on any atom is -0.0654 e. The maximum Gasteiger partial charge on any atom is 0 e. The Balaban J connectivity index is -0.000000180. The Morgan fingerprint density at radius 2 is 1.56 bits per heavy atom. The number of rotatable bonds is 3. The molecule has 0 aromatic carbocycles. The fourth-order valence-electron chi connectivity index (χ4n) is 0.612. The van der Waals surface area contributed by atoms with Crippen LogP contribution < -0.4 is 0 Å². The van der Waals surface area contributed by atoms with Gasteiger partial charge in [-0.1, -0.05) is 40.0 Å². The van der Waals surface area contributed by atoms with Gasteiger partial charge in [0.05, 0.1) is 0 Å². The van der Waals surface area contributed by atoms with Crippen molar-refractivity contribution in [3.8, 4) is 0 Å². The van der Waals surface area contributed by atoms with Gasteiger partial charge in [-0.2, -0.15) is 0 Å². The predicted molar refractivity (Wildman–Crippen MR) is 34.4 cm³/mol. The summed E-state index contributed by atoms with van der Waals surface area (Å²) in [5.41, 5.74) is 0. The van der Waals surface area contributed by atoms with Crippen molar-refractivity contribution in [3.05, 3.63) is 0 Å². The van der Waals surface area contributed by atoms with Gasteiger partial charge in [-0.15, -0.1) is 0 Å². The van der Waals surface area contributed by atoms with E-state index in [-0.39, 0.29) is 37.1 Å². The smallest absolute Gasteiger partial charge is 0 e. The van der Waals surface area contributed by atoms with E-state index in [1.165, 1.54) is 19.3 Å². The second-order valence-electron chi connectivity index (χ2n) is 2.54. The van der Waals surface area contributed by atoms with Crippen LogP contribution in [-0.4, -0.2) is 0 Å². The van der Waals surface area contributed by atoms with Crippen molar-refractivity contribution in [3.63, 3.8) is 0 Å². The van der Waals surface area contributed by atoms with Gasteiger partial charge in [0.2, 0.25) is 0 Å². The molecule has 0 aliphatic carbocycles. The van der Waals surface area contributed by atoms with Gasteiger partial charge in [-0.25, -0.2) is 0 Å². The third-order valence-corrected chi connectivity index (χ3v) is 1.14. The summed E-state index contributed by atoms with van der Waals surface area (Å²) >= 11 is 0. The van der Waals surface area contributed by atoms with Crippen LogP contribution in [0.5, 0.6) is 0 Å². The summed E-state index contributed by atoms with van der Waals surface area (Å²) in [6, 6.07) is 0. The molecule has 0 N–H and O–H groups in total. The van der Waals surface area contributed by atoms with Crippen LogP contribution >= 0.6 is 0 Å². The Kier molecular flexibility index (Phi) is 22.0. The van der Waals surface area contributed by atoms with E-state index in [1.54, 1.807) is 0 Å². The van der Waals surface area contributed by atoms with Crippen molar-refractivity contribution in [2.45, 2.75) is 40.0 Å². The third-order valence-electron chi connectivity index (χ3n) is 1.14. The quantitative estimate of drug-likeness (QED) is 0.660. The normalized spacial score (nSPS) is 8.00. The van der Waals surface area contributed by atoms with Gasteiger partial charge in [-0.3, -0.25) is 0 Å². The van der Waals surface area contributed by atoms with Crippen molar-refractivity contribution in [1.29, 1.82) is 0 Å². The molecule has 0 nitrogen and oxygen atoms in total. The van der Waals surface area contributed by atoms with Gasteiger partial charge in [0, 0.05) is 37.1 Å². The van der Waals surface area contributed by atoms with Crippen molar-refractivity contribution in [2.24, 2.45) is 5.92 Å². The molecule has 2 radical (unpaired) electrons. The van der Waals surface area contributed by atoms with Gasteiger partial charge >= 0.3 is 0 Å². The summed E-state index contributed by atoms with van der Waals surface area (Å²) in [6.07, 6.45) is 4.15. The Bertz CT molecular complexity index is 35.9. The standard InChI is InChI=1S/C7H16.2V/c1-4-5-6-7(2)3;;/h7H,4-6H2,1-3H3;;. The maximum atomic E-state index is 2.27. The van der Waals surface area contributed by atoms with Gasteiger partial charge in [0.25, 0.3) is 0 Å². The van der Waals surface area contributed by atoms with Crippen LogP contribution in [-0.2, 0) is 37.1 Å². The number of unbranched alkanes of at least 4 members (excludes halogenated alkanes) is 1. The minimum atomic E-state index is 0. The molecule has 0 aliphatic rings. The van der Waals surface area contributed by atoms with Gasteiger partial charge in [-0.05, 0) is 5.92 Å². The zero-order valence-electron chi connectivity index (χ0n) is 6.59. The van der Waals surface area contributed by atoms with E-state index in [9.17, 15) is 0 Å². The largest absolute Gasteiger partial charge is 0.0654 e. The van der Waals surface area contributed by atoms with Crippen molar-refractivity contribution in [2.75, 3.05) is 0 Å². The molecule has 0 saturated carbocycles. The second kappa shape index (κ2) is 11.9. The molecule has 0 aromatic heterocycles. The van der Waals surface area contributed by atoms with Crippen LogP contribution in [0, 0.1) is 5.92 Å². The summed E-state index contributed by atoms with van der Waals surface area (Å²) in [5.74, 6) is 0.903. The molecule has 0 unspecified atom stereocenters. The van der Waals surface area contributed by atoms with Crippen LogP contribution in [0.1, 0.15) is 40.0 Å². The van der Waals surface area contributed by atoms with Crippen LogP contribution in [0.15, 0.2) is 0 Å². The summed E-state index contributed by atoms with van der Waals surface area (Å²) in [5, 5.41) is 0. The average Bonchev–Trinajstić information content (AvgIpc) is 1.61. The molecule has 2 heteroatoms. The zero-order chi connectivity index (χ0) is 5.70. The van der Waals surface area contributed by atoms with Gasteiger partial charge in [0.1, 0.15) is 0 Å². The summed E-state index contributed by atoms with van der Waals surface area (Å²) in [4.78, 5) is 0. The molecule has 0 aromatic rings. The molecule has 0 aliphatic heterocycles. The summed E-state index contributed by atoms with van der Waals surface area (Å²) in [6.45, 7) is 6.79. The van der Waals surface area contributed by atoms with Gasteiger partial charge < -0.3 is 0 Å². The molecule has 0 saturated heterocycles. The van der Waals surface area contributed by atoms with E-state index in [2.05, 4.69) is 20.8 Å².